The second-order valence-electron chi connectivity index (χ2n) is 7.19. The van der Waals surface area contributed by atoms with E-state index in [4.69, 9.17) is 4.74 Å². The van der Waals surface area contributed by atoms with Gasteiger partial charge in [0.25, 0.3) is 0 Å². The van der Waals surface area contributed by atoms with Gasteiger partial charge in [0, 0.05) is 38.0 Å². The van der Waals surface area contributed by atoms with Gasteiger partial charge in [0.2, 0.25) is 5.91 Å². The molecule has 6 nitrogen and oxygen atoms in total. The molecule has 0 atom stereocenters. The number of nitrogens with zero attached hydrogens (tertiary/aromatic N) is 3. The molecule has 0 radical (unpaired) electrons. The Kier molecular flexibility index (Phi) is 7.55. The van der Waals surface area contributed by atoms with Gasteiger partial charge in [-0.2, -0.15) is 0 Å². The molecular formula is C22H28N4O2S. The third-order valence-electron chi connectivity index (χ3n) is 4.50. The van der Waals surface area contributed by atoms with Crippen LogP contribution in [0.3, 0.4) is 0 Å². The summed E-state index contributed by atoms with van der Waals surface area (Å²) in [6.07, 6.45) is 3.06. The number of aromatic nitrogens is 2. The zero-order valence-corrected chi connectivity index (χ0v) is 18.0. The highest BCUT2D eigenvalue weighted by molar-refractivity contribution is 7.21. The summed E-state index contributed by atoms with van der Waals surface area (Å²) in [6, 6.07) is 12.4. The van der Waals surface area contributed by atoms with Gasteiger partial charge in [-0.05, 0) is 31.9 Å². The molecule has 0 aliphatic carbocycles. The van der Waals surface area contributed by atoms with Crippen molar-refractivity contribution in [2.75, 3.05) is 31.6 Å². The number of hydrogen-bond donors (Lipinski definition) is 1. The maximum atomic E-state index is 12.1. The van der Waals surface area contributed by atoms with Crippen molar-refractivity contribution in [1.82, 2.24) is 15.3 Å². The van der Waals surface area contributed by atoms with Crippen LogP contribution < -0.4 is 10.2 Å². The highest BCUT2D eigenvalue weighted by atomic mass is 32.1. The molecule has 7 heteroatoms. The number of benzene rings is 1. The largest absolute Gasteiger partial charge is 0.379 e. The lowest BCUT2D eigenvalue weighted by atomic mass is 10.2. The molecule has 2 heterocycles. The maximum absolute atomic E-state index is 12.1. The van der Waals surface area contributed by atoms with E-state index < -0.39 is 0 Å². The van der Waals surface area contributed by atoms with Crippen LogP contribution in [0.25, 0.3) is 20.7 Å². The SMILES string of the molecule is CC(C)OCCCNC(=O)CCN(C)c1ncnc2sc(-c3ccccc3)cc12. The molecule has 154 valence electrons. The van der Waals surface area contributed by atoms with E-state index in [1.807, 2.05) is 44.0 Å². The average Bonchev–Trinajstić information content (AvgIpc) is 3.16. The number of carbonyl (C=O) groups is 1. The number of fused-ring (bicyclic) bond motifs is 1. The molecule has 0 aliphatic heterocycles. The van der Waals surface area contributed by atoms with Gasteiger partial charge in [-0.15, -0.1) is 11.3 Å². The van der Waals surface area contributed by atoms with Gasteiger partial charge >= 0.3 is 0 Å². The Bertz CT molecular complexity index is 927. The molecule has 1 aromatic carbocycles. The molecule has 0 aliphatic rings. The minimum absolute atomic E-state index is 0.0435. The first-order chi connectivity index (χ1) is 14.0. The number of nitrogens with one attached hydrogen (secondary N) is 1. The van der Waals surface area contributed by atoms with Crippen LogP contribution in [0.2, 0.25) is 0 Å². The molecule has 0 saturated carbocycles. The zero-order chi connectivity index (χ0) is 20.6. The van der Waals surface area contributed by atoms with E-state index in [0.717, 1.165) is 27.3 Å². The lowest BCUT2D eigenvalue weighted by Crippen LogP contribution is -2.30. The first kappa shape index (κ1) is 21.2. The van der Waals surface area contributed by atoms with Gasteiger partial charge < -0.3 is 15.0 Å². The number of amides is 1. The molecule has 3 aromatic rings. The van der Waals surface area contributed by atoms with Crippen LogP contribution in [0.5, 0.6) is 0 Å². The van der Waals surface area contributed by atoms with Crippen molar-refractivity contribution in [2.45, 2.75) is 32.8 Å². The molecule has 1 amide bonds. The molecule has 0 unspecified atom stereocenters. The van der Waals surface area contributed by atoms with Crippen molar-refractivity contribution >= 4 is 33.3 Å². The summed E-state index contributed by atoms with van der Waals surface area (Å²) >= 11 is 1.66. The van der Waals surface area contributed by atoms with Crippen LogP contribution in [-0.2, 0) is 9.53 Å². The van der Waals surface area contributed by atoms with Crippen molar-refractivity contribution in [3.05, 3.63) is 42.7 Å². The average molecular weight is 413 g/mol. The van der Waals surface area contributed by atoms with E-state index in [1.165, 1.54) is 5.56 Å². The van der Waals surface area contributed by atoms with Gasteiger partial charge in [-0.1, -0.05) is 30.3 Å². The third-order valence-corrected chi connectivity index (χ3v) is 5.59. The normalized spacial score (nSPS) is 11.2. The first-order valence-corrected chi connectivity index (χ1v) is 10.8. The maximum Gasteiger partial charge on any atom is 0.221 e. The van der Waals surface area contributed by atoms with Gasteiger partial charge in [0.15, 0.2) is 0 Å². The highest BCUT2D eigenvalue weighted by Crippen LogP contribution is 2.35. The summed E-state index contributed by atoms with van der Waals surface area (Å²) in [6.45, 7) is 5.91. The van der Waals surface area contributed by atoms with Crippen LogP contribution >= 0.6 is 11.3 Å². The zero-order valence-electron chi connectivity index (χ0n) is 17.2. The van der Waals surface area contributed by atoms with Crippen molar-refractivity contribution in [2.24, 2.45) is 0 Å². The third kappa shape index (κ3) is 5.98. The molecule has 2 aromatic heterocycles. The van der Waals surface area contributed by atoms with Crippen LogP contribution in [0.15, 0.2) is 42.7 Å². The second kappa shape index (κ2) is 10.3. The summed E-state index contributed by atoms with van der Waals surface area (Å²) in [5, 5.41) is 3.97. The number of ether oxygens (including phenoxy) is 1. The summed E-state index contributed by atoms with van der Waals surface area (Å²) in [7, 11) is 1.96. The monoisotopic (exact) mass is 412 g/mol. The fourth-order valence-corrected chi connectivity index (χ4v) is 3.97. The smallest absolute Gasteiger partial charge is 0.221 e. The Morgan fingerprint density at radius 2 is 2.03 bits per heavy atom. The quantitative estimate of drug-likeness (QED) is 0.508. The lowest BCUT2D eigenvalue weighted by Gasteiger charge is -2.18. The predicted octanol–water partition coefficient (Wildman–Crippen LogP) is 4.12. The number of hydrogen-bond acceptors (Lipinski definition) is 6. The van der Waals surface area contributed by atoms with Crippen LogP contribution in [0.1, 0.15) is 26.7 Å². The van der Waals surface area contributed by atoms with Crippen molar-refractivity contribution < 1.29 is 9.53 Å². The highest BCUT2D eigenvalue weighted by Gasteiger charge is 2.14. The van der Waals surface area contributed by atoms with E-state index in [9.17, 15) is 4.79 Å². The van der Waals surface area contributed by atoms with E-state index in [2.05, 4.69) is 33.5 Å². The predicted molar refractivity (Wildman–Crippen MR) is 119 cm³/mol. The standard InChI is InChI=1S/C22H28N4O2S/c1-16(2)28-13-7-11-23-20(27)10-12-26(3)21-18-14-19(17-8-5-4-6-9-17)29-22(18)25-15-24-21/h4-6,8-9,14-16H,7,10-13H2,1-3H3,(H,23,27). The van der Waals surface area contributed by atoms with Gasteiger partial charge in [-0.3, -0.25) is 4.79 Å². The first-order valence-electron chi connectivity index (χ1n) is 9.94. The van der Waals surface area contributed by atoms with E-state index >= 15 is 0 Å². The topological polar surface area (TPSA) is 67.3 Å². The fraction of sp³-hybridized carbons (Fsp3) is 0.409. The number of thiophene rings is 1. The van der Waals surface area contributed by atoms with Crippen molar-refractivity contribution in [3.63, 3.8) is 0 Å². The Balaban J connectivity index is 1.57. The summed E-state index contributed by atoms with van der Waals surface area (Å²) in [5.41, 5.74) is 1.17. The van der Waals surface area contributed by atoms with Crippen LogP contribution in [0.4, 0.5) is 5.82 Å². The minimum atomic E-state index is 0.0435. The van der Waals surface area contributed by atoms with Gasteiger partial charge in [-0.25, -0.2) is 9.97 Å². The molecule has 29 heavy (non-hydrogen) atoms. The Morgan fingerprint density at radius 3 is 2.79 bits per heavy atom. The Hall–Kier alpha value is -2.51. The van der Waals surface area contributed by atoms with E-state index in [-0.39, 0.29) is 12.0 Å². The Morgan fingerprint density at radius 1 is 1.24 bits per heavy atom. The Labute approximate surface area is 175 Å². The molecule has 0 fully saturated rings. The van der Waals surface area contributed by atoms with Crippen molar-refractivity contribution in [3.8, 4) is 10.4 Å². The molecule has 0 spiro atoms. The van der Waals surface area contributed by atoms with E-state index in [1.54, 1.807) is 17.7 Å². The molecule has 1 N–H and O–H groups in total. The minimum Gasteiger partial charge on any atom is -0.379 e. The molecule has 3 rings (SSSR count). The molecule has 0 bridgehead atoms. The van der Waals surface area contributed by atoms with Crippen LogP contribution in [0, 0.1) is 0 Å². The molecular weight excluding hydrogens is 384 g/mol. The van der Waals surface area contributed by atoms with Crippen LogP contribution in [-0.4, -0.2) is 48.7 Å². The number of carbonyl (C=O) groups excluding carboxylic acids is 1. The van der Waals surface area contributed by atoms with E-state index in [0.29, 0.717) is 26.1 Å². The summed E-state index contributed by atoms with van der Waals surface area (Å²) in [4.78, 5) is 25.2. The number of anilines is 1. The lowest BCUT2D eigenvalue weighted by molar-refractivity contribution is -0.120. The molecule has 0 saturated heterocycles. The number of rotatable bonds is 10. The summed E-state index contributed by atoms with van der Waals surface area (Å²) < 4.78 is 5.48. The fourth-order valence-electron chi connectivity index (χ4n) is 2.97. The van der Waals surface area contributed by atoms with Gasteiger partial charge in [0.05, 0.1) is 11.5 Å². The van der Waals surface area contributed by atoms with Crippen molar-refractivity contribution in [1.29, 1.82) is 0 Å². The second-order valence-corrected chi connectivity index (χ2v) is 8.22. The van der Waals surface area contributed by atoms with Gasteiger partial charge in [0.1, 0.15) is 17.0 Å². The summed E-state index contributed by atoms with van der Waals surface area (Å²) in [5.74, 6) is 0.897.